The quantitative estimate of drug-likeness (QED) is 0.507. The third-order valence-electron chi connectivity index (χ3n) is 2.49. The smallest absolute Gasteiger partial charge is 0.0125 e. The van der Waals surface area contributed by atoms with E-state index in [1.165, 1.54) is 25.9 Å². The lowest BCUT2D eigenvalue weighted by Crippen LogP contribution is -2.46. The van der Waals surface area contributed by atoms with Gasteiger partial charge in [0.1, 0.15) is 0 Å². The highest BCUT2D eigenvalue weighted by molar-refractivity contribution is 7.17. The molecule has 1 atom stereocenters. The average Bonchev–Trinajstić information content (AvgIpc) is 1.86. The van der Waals surface area contributed by atoms with Crippen LogP contribution >= 0.6 is 9.24 Å². The Hall–Kier alpha value is 0.390. The van der Waals surface area contributed by atoms with E-state index in [-0.39, 0.29) is 0 Å². The average molecular weight is 173 g/mol. The third-order valence-corrected chi connectivity index (χ3v) is 3.15. The van der Waals surface area contributed by atoms with Crippen molar-refractivity contribution < 1.29 is 0 Å². The maximum atomic E-state index is 2.94. The van der Waals surface area contributed by atoms with Crippen LogP contribution in [0.5, 0.6) is 0 Å². The first-order chi connectivity index (χ1) is 5.00. The number of hydrogen-bond acceptors (Lipinski definition) is 1. The SMILES string of the molecule is CC(C)(C)N1CCC(P)CC1. The van der Waals surface area contributed by atoms with Gasteiger partial charge in [-0.15, -0.1) is 9.24 Å². The molecule has 1 heterocycles. The molecule has 0 amide bonds. The maximum Gasteiger partial charge on any atom is 0.0125 e. The molecule has 1 fully saturated rings. The van der Waals surface area contributed by atoms with Gasteiger partial charge in [-0.3, -0.25) is 4.90 Å². The summed E-state index contributed by atoms with van der Waals surface area (Å²) in [5.74, 6) is 0. The highest BCUT2D eigenvalue weighted by atomic mass is 31.0. The Labute approximate surface area is 72.7 Å². The molecule has 0 aromatic carbocycles. The molecule has 1 nitrogen and oxygen atoms in total. The summed E-state index contributed by atoms with van der Waals surface area (Å²) in [5, 5.41) is 0. The molecular formula is C9H20NP. The summed E-state index contributed by atoms with van der Waals surface area (Å²) in [6.45, 7) is 9.46. The standard InChI is InChI=1S/C9H20NP/c1-9(2,3)10-6-4-8(11)5-7-10/h8H,4-7,11H2,1-3H3. The van der Waals surface area contributed by atoms with Crippen LogP contribution in [0.2, 0.25) is 0 Å². The zero-order valence-corrected chi connectivity index (χ0v) is 9.09. The van der Waals surface area contributed by atoms with E-state index >= 15 is 0 Å². The van der Waals surface area contributed by atoms with E-state index < -0.39 is 0 Å². The molecule has 0 aromatic rings. The molecule has 0 saturated carbocycles. The molecule has 1 aliphatic rings. The lowest BCUT2D eigenvalue weighted by atomic mass is 10.0. The number of piperidine rings is 1. The number of hydrogen-bond donors (Lipinski definition) is 0. The highest BCUT2D eigenvalue weighted by Crippen LogP contribution is 2.23. The van der Waals surface area contributed by atoms with Crippen molar-refractivity contribution >= 4 is 9.24 Å². The molecule has 0 aromatic heterocycles. The first-order valence-electron chi connectivity index (χ1n) is 4.51. The number of rotatable bonds is 0. The van der Waals surface area contributed by atoms with Gasteiger partial charge in [0.15, 0.2) is 0 Å². The van der Waals surface area contributed by atoms with Crippen LogP contribution in [0, 0.1) is 0 Å². The van der Waals surface area contributed by atoms with Gasteiger partial charge in [0.2, 0.25) is 0 Å². The van der Waals surface area contributed by atoms with Crippen molar-refractivity contribution in [3.63, 3.8) is 0 Å². The third kappa shape index (κ3) is 2.72. The van der Waals surface area contributed by atoms with Crippen molar-refractivity contribution in [1.82, 2.24) is 4.90 Å². The van der Waals surface area contributed by atoms with E-state index in [2.05, 4.69) is 34.9 Å². The molecule has 11 heavy (non-hydrogen) atoms. The van der Waals surface area contributed by atoms with E-state index in [9.17, 15) is 0 Å². The number of likely N-dealkylation sites (tertiary alicyclic amines) is 1. The summed E-state index contributed by atoms with van der Waals surface area (Å²) in [7, 11) is 2.94. The minimum Gasteiger partial charge on any atom is -0.298 e. The second-order valence-electron chi connectivity index (χ2n) is 4.50. The van der Waals surface area contributed by atoms with Crippen LogP contribution in [0.25, 0.3) is 0 Å². The fourth-order valence-corrected chi connectivity index (χ4v) is 1.87. The van der Waals surface area contributed by atoms with Crippen molar-refractivity contribution in [2.24, 2.45) is 0 Å². The van der Waals surface area contributed by atoms with Crippen LogP contribution < -0.4 is 0 Å². The van der Waals surface area contributed by atoms with Gasteiger partial charge in [0.25, 0.3) is 0 Å². The Bertz CT molecular complexity index is 120. The van der Waals surface area contributed by atoms with E-state index in [1.807, 2.05) is 0 Å². The van der Waals surface area contributed by atoms with Crippen LogP contribution in [0.15, 0.2) is 0 Å². The Kier molecular flexibility index (Phi) is 2.94. The van der Waals surface area contributed by atoms with Crippen molar-refractivity contribution in [3.8, 4) is 0 Å². The van der Waals surface area contributed by atoms with Crippen LogP contribution in [0.1, 0.15) is 33.6 Å². The second kappa shape index (κ2) is 3.41. The summed E-state index contributed by atoms with van der Waals surface area (Å²) < 4.78 is 0. The Balaban J connectivity index is 2.39. The fourth-order valence-electron chi connectivity index (χ4n) is 1.57. The van der Waals surface area contributed by atoms with Gasteiger partial charge < -0.3 is 0 Å². The zero-order valence-electron chi connectivity index (χ0n) is 7.93. The van der Waals surface area contributed by atoms with Crippen molar-refractivity contribution in [3.05, 3.63) is 0 Å². The molecule has 1 aliphatic heterocycles. The van der Waals surface area contributed by atoms with Crippen molar-refractivity contribution in [2.45, 2.75) is 44.8 Å². The van der Waals surface area contributed by atoms with Gasteiger partial charge in [0, 0.05) is 5.54 Å². The van der Waals surface area contributed by atoms with E-state index in [0.29, 0.717) is 5.54 Å². The summed E-state index contributed by atoms with van der Waals surface area (Å²) in [6, 6.07) is 0. The summed E-state index contributed by atoms with van der Waals surface area (Å²) in [6.07, 6.45) is 2.70. The molecule has 0 aliphatic carbocycles. The summed E-state index contributed by atoms with van der Waals surface area (Å²) in [4.78, 5) is 2.58. The first kappa shape index (κ1) is 9.48. The lowest BCUT2D eigenvalue weighted by Gasteiger charge is -2.40. The Morgan fingerprint density at radius 2 is 1.64 bits per heavy atom. The van der Waals surface area contributed by atoms with Crippen LogP contribution in [-0.4, -0.2) is 29.2 Å². The van der Waals surface area contributed by atoms with E-state index in [4.69, 9.17) is 0 Å². The molecular weight excluding hydrogens is 153 g/mol. The van der Waals surface area contributed by atoms with Crippen LogP contribution in [-0.2, 0) is 0 Å². The van der Waals surface area contributed by atoms with Gasteiger partial charge in [-0.25, -0.2) is 0 Å². The fraction of sp³-hybridized carbons (Fsp3) is 1.00. The van der Waals surface area contributed by atoms with Crippen molar-refractivity contribution in [2.75, 3.05) is 13.1 Å². The molecule has 0 bridgehead atoms. The monoisotopic (exact) mass is 173 g/mol. The highest BCUT2D eigenvalue weighted by Gasteiger charge is 2.24. The molecule has 1 rings (SSSR count). The minimum absolute atomic E-state index is 0.380. The van der Waals surface area contributed by atoms with Gasteiger partial charge in [0.05, 0.1) is 0 Å². The van der Waals surface area contributed by atoms with Gasteiger partial charge in [-0.05, 0) is 52.4 Å². The minimum atomic E-state index is 0.380. The molecule has 2 heteroatoms. The second-order valence-corrected chi connectivity index (χ2v) is 5.44. The van der Waals surface area contributed by atoms with Crippen LogP contribution in [0.3, 0.4) is 0 Å². The molecule has 1 unspecified atom stereocenters. The normalized spacial score (nSPS) is 24.0. The summed E-state index contributed by atoms with van der Waals surface area (Å²) >= 11 is 0. The molecule has 0 N–H and O–H groups in total. The van der Waals surface area contributed by atoms with Crippen LogP contribution in [0.4, 0.5) is 0 Å². The molecule has 0 radical (unpaired) electrons. The molecule has 1 saturated heterocycles. The first-order valence-corrected chi connectivity index (χ1v) is 5.17. The van der Waals surface area contributed by atoms with Gasteiger partial charge in [-0.2, -0.15) is 0 Å². The van der Waals surface area contributed by atoms with E-state index in [0.717, 1.165) is 5.66 Å². The predicted molar refractivity (Wildman–Crippen MR) is 54.1 cm³/mol. The van der Waals surface area contributed by atoms with E-state index in [1.54, 1.807) is 0 Å². The van der Waals surface area contributed by atoms with Gasteiger partial charge >= 0.3 is 0 Å². The Morgan fingerprint density at radius 3 is 2.00 bits per heavy atom. The maximum absolute atomic E-state index is 2.94. The lowest BCUT2D eigenvalue weighted by molar-refractivity contribution is 0.113. The predicted octanol–water partition coefficient (Wildman–Crippen LogP) is 2.12. The Morgan fingerprint density at radius 1 is 1.18 bits per heavy atom. The number of nitrogens with zero attached hydrogens (tertiary/aromatic N) is 1. The van der Waals surface area contributed by atoms with Crippen molar-refractivity contribution in [1.29, 1.82) is 0 Å². The zero-order chi connectivity index (χ0) is 8.48. The molecule has 66 valence electrons. The molecule has 0 spiro atoms. The summed E-state index contributed by atoms with van der Waals surface area (Å²) in [5.41, 5.74) is 1.25. The van der Waals surface area contributed by atoms with Gasteiger partial charge in [-0.1, -0.05) is 0 Å². The topological polar surface area (TPSA) is 3.24 Å². The largest absolute Gasteiger partial charge is 0.298 e.